The van der Waals surface area contributed by atoms with Gasteiger partial charge in [-0.1, -0.05) is 43.6 Å². The number of rotatable bonds is 12. The number of nitrogens with one attached hydrogen (secondary N) is 1. The van der Waals surface area contributed by atoms with Crippen molar-refractivity contribution < 1.29 is 28.6 Å². The summed E-state index contributed by atoms with van der Waals surface area (Å²) in [6.07, 6.45) is 1.66. The number of hydrogen-bond acceptors (Lipinski definition) is 7. The first-order chi connectivity index (χ1) is 21.0. The molecule has 0 aliphatic carbocycles. The van der Waals surface area contributed by atoms with Crippen molar-refractivity contribution in [2.24, 2.45) is 0 Å². The minimum atomic E-state index is -0.377. The number of nitrogens with zero attached hydrogens (tertiary/aromatic N) is 1. The number of benzene rings is 3. The van der Waals surface area contributed by atoms with E-state index in [1.807, 2.05) is 45.0 Å². The van der Waals surface area contributed by atoms with Gasteiger partial charge >= 0.3 is 0 Å². The molecule has 0 unspecified atom stereocenters. The maximum absolute atomic E-state index is 13.2. The van der Waals surface area contributed by atoms with E-state index in [9.17, 15) is 14.4 Å². The Bertz CT molecular complexity index is 1610. The van der Waals surface area contributed by atoms with Crippen LogP contribution in [0.1, 0.15) is 48.9 Å². The van der Waals surface area contributed by atoms with E-state index in [1.165, 1.54) is 4.90 Å². The molecule has 11 heteroatoms. The molecule has 0 radical (unpaired) electrons. The molecule has 8 nitrogen and oxygen atoms in total. The predicted molar refractivity (Wildman–Crippen MR) is 184 cm³/mol. The summed E-state index contributed by atoms with van der Waals surface area (Å²) in [5.74, 6) is 1.14. The lowest BCUT2D eigenvalue weighted by molar-refractivity contribution is -0.123. The molecule has 1 N–H and O–H groups in total. The molecular weight excluding hydrogens is 715 g/mol. The Morgan fingerprint density at radius 3 is 2.52 bits per heavy atom. The van der Waals surface area contributed by atoms with Gasteiger partial charge in [0.1, 0.15) is 12.4 Å². The van der Waals surface area contributed by atoms with Gasteiger partial charge in [0, 0.05) is 10.7 Å². The van der Waals surface area contributed by atoms with Crippen LogP contribution in [-0.2, 0) is 9.59 Å². The van der Waals surface area contributed by atoms with Crippen molar-refractivity contribution >= 4 is 74.8 Å². The lowest BCUT2D eigenvalue weighted by Gasteiger charge is -2.17. The number of amides is 3. The van der Waals surface area contributed by atoms with Crippen LogP contribution in [0.2, 0.25) is 5.02 Å². The number of carbonyl (C=O) groups excluding carboxylic acids is 3. The first-order valence-corrected chi connectivity index (χ1v) is 16.4. The Kier molecular flexibility index (Phi) is 11.6. The van der Waals surface area contributed by atoms with Gasteiger partial charge in [0.05, 0.1) is 21.6 Å². The van der Waals surface area contributed by atoms with Crippen molar-refractivity contribution in [3.05, 3.63) is 84.3 Å². The molecule has 3 aromatic rings. The van der Waals surface area contributed by atoms with Crippen LogP contribution in [0.4, 0.5) is 10.5 Å². The van der Waals surface area contributed by atoms with Crippen molar-refractivity contribution in [2.45, 2.75) is 40.5 Å². The highest BCUT2D eigenvalue weighted by atomic mass is 127. The van der Waals surface area contributed by atoms with E-state index in [1.54, 1.807) is 30.3 Å². The summed E-state index contributed by atoms with van der Waals surface area (Å²) in [5, 5.41) is 2.98. The predicted octanol–water partition coefficient (Wildman–Crippen LogP) is 8.22. The molecule has 1 fully saturated rings. The van der Waals surface area contributed by atoms with Gasteiger partial charge in [-0.2, -0.15) is 0 Å². The average Bonchev–Trinajstić information content (AvgIpc) is 3.22. The van der Waals surface area contributed by atoms with Crippen LogP contribution in [0.3, 0.4) is 0 Å². The highest BCUT2D eigenvalue weighted by molar-refractivity contribution is 14.1. The molecule has 0 spiro atoms. The normalized spacial score (nSPS) is 14.0. The zero-order valence-electron chi connectivity index (χ0n) is 25.2. The molecule has 1 saturated heterocycles. The Hall–Kier alpha value is -3.22. The second kappa shape index (κ2) is 15.2. The minimum Gasteiger partial charge on any atom is -0.491 e. The van der Waals surface area contributed by atoms with Crippen molar-refractivity contribution in [1.82, 2.24) is 4.90 Å². The summed E-state index contributed by atoms with van der Waals surface area (Å²) in [4.78, 5) is 40.0. The number of imide groups is 1. The fourth-order valence-corrected chi connectivity index (χ4v) is 6.24. The number of carbonyl (C=O) groups is 3. The summed E-state index contributed by atoms with van der Waals surface area (Å²) >= 11 is 9.14. The first kappa shape index (κ1) is 33.7. The summed E-state index contributed by atoms with van der Waals surface area (Å²) in [7, 11) is 0. The number of anilines is 1. The monoisotopic (exact) mass is 748 g/mol. The van der Waals surface area contributed by atoms with Gasteiger partial charge < -0.3 is 19.5 Å². The average molecular weight is 749 g/mol. The lowest BCUT2D eigenvalue weighted by Crippen LogP contribution is -2.32. The van der Waals surface area contributed by atoms with E-state index in [0.29, 0.717) is 42.9 Å². The molecule has 0 bridgehead atoms. The minimum absolute atomic E-state index is 0.138. The van der Waals surface area contributed by atoms with Crippen LogP contribution < -0.4 is 19.5 Å². The number of thioether (sulfide) groups is 1. The molecule has 0 atom stereocenters. The molecule has 44 heavy (non-hydrogen) atoms. The standard InChI is InChI=1S/C33H34ClIN2O6S/c1-6-41-28-15-22(14-26(35)31(28)43-18-30(38)36-23-9-8-21(5)25(34)17-23)16-29-32(39)37(33(40)44-29)11-12-42-27-13-20(4)7-10-24(27)19(2)3/h7-10,13-17,19H,6,11-12,18H2,1-5H3,(H,36,38)/b29-16-. The van der Waals surface area contributed by atoms with Crippen molar-refractivity contribution in [1.29, 1.82) is 0 Å². The summed E-state index contributed by atoms with van der Waals surface area (Å²) in [6.45, 7) is 10.3. The fourth-order valence-electron chi connectivity index (χ4n) is 4.41. The smallest absolute Gasteiger partial charge is 0.293 e. The van der Waals surface area contributed by atoms with E-state index in [-0.39, 0.29) is 42.7 Å². The van der Waals surface area contributed by atoms with E-state index < -0.39 is 0 Å². The molecular formula is C33H34ClIN2O6S. The third-order valence-electron chi connectivity index (χ3n) is 6.67. The molecule has 1 aliphatic heterocycles. The van der Waals surface area contributed by atoms with Gasteiger partial charge in [0.25, 0.3) is 17.1 Å². The van der Waals surface area contributed by atoms with Gasteiger partial charge in [-0.25, -0.2) is 0 Å². The quantitative estimate of drug-likeness (QED) is 0.147. The zero-order valence-corrected chi connectivity index (χ0v) is 28.9. The molecule has 1 aliphatic rings. The SMILES string of the molecule is CCOc1cc(/C=C2\SC(=O)N(CCOc3cc(C)ccc3C(C)C)C2=O)cc(I)c1OCC(=O)Nc1ccc(C)c(Cl)c1. The van der Waals surface area contributed by atoms with E-state index in [4.69, 9.17) is 25.8 Å². The van der Waals surface area contributed by atoms with Crippen LogP contribution >= 0.6 is 46.0 Å². The summed E-state index contributed by atoms with van der Waals surface area (Å²) in [6, 6.07) is 14.9. The number of hydrogen-bond donors (Lipinski definition) is 1. The molecule has 3 aromatic carbocycles. The van der Waals surface area contributed by atoms with Crippen LogP contribution in [-0.4, -0.2) is 48.3 Å². The number of ether oxygens (including phenoxy) is 3. The highest BCUT2D eigenvalue weighted by Gasteiger charge is 2.35. The number of halogens is 2. The summed E-state index contributed by atoms with van der Waals surface area (Å²) < 4.78 is 18.3. The van der Waals surface area contributed by atoms with Gasteiger partial charge in [-0.3, -0.25) is 19.3 Å². The van der Waals surface area contributed by atoms with Crippen molar-refractivity contribution in [3.8, 4) is 17.2 Å². The van der Waals surface area contributed by atoms with Gasteiger partial charge in [0.2, 0.25) is 0 Å². The molecule has 0 saturated carbocycles. The maximum atomic E-state index is 13.2. The van der Waals surface area contributed by atoms with Crippen molar-refractivity contribution in [2.75, 3.05) is 31.7 Å². The van der Waals surface area contributed by atoms with Gasteiger partial charge in [-0.05, 0) is 120 Å². The Morgan fingerprint density at radius 1 is 1.05 bits per heavy atom. The zero-order chi connectivity index (χ0) is 32.0. The molecule has 0 aromatic heterocycles. The number of aryl methyl sites for hydroxylation is 2. The van der Waals surface area contributed by atoms with Crippen LogP contribution in [0, 0.1) is 17.4 Å². The van der Waals surface area contributed by atoms with E-state index in [0.717, 1.165) is 34.2 Å². The van der Waals surface area contributed by atoms with Crippen LogP contribution in [0.5, 0.6) is 17.2 Å². The first-order valence-electron chi connectivity index (χ1n) is 14.1. The highest BCUT2D eigenvalue weighted by Crippen LogP contribution is 2.38. The molecule has 4 rings (SSSR count). The second-order valence-electron chi connectivity index (χ2n) is 10.4. The Labute approximate surface area is 280 Å². The van der Waals surface area contributed by atoms with Crippen LogP contribution in [0.25, 0.3) is 6.08 Å². The molecule has 3 amide bonds. The van der Waals surface area contributed by atoms with E-state index >= 15 is 0 Å². The Balaban J connectivity index is 1.42. The van der Waals surface area contributed by atoms with Crippen molar-refractivity contribution in [3.63, 3.8) is 0 Å². The second-order valence-corrected chi connectivity index (χ2v) is 13.0. The Morgan fingerprint density at radius 2 is 1.82 bits per heavy atom. The maximum Gasteiger partial charge on any atom is 0.293 e. The van der Waals surface area contributed by atoms with Crippen LogP contribution in [0.15, 0.2) is 53.4 Å². The molecule has 1 heterocycles. The third kappa shape index (κ3) is 8.48. The molecule has 232 valence electrons. The fraction of sp³-hybridized carbons (Fsp3) is 0.303. The van der Waals surface area contributed by atoms with Gasteiger partial charge in [-0.15, -0.1) is 0 Å². The van der Waals surface area contributed by atoms with Gasteiger partial charge in [0.15, 0.2) is 18.1 Å². The topological polar surface area (TPSA) is 94.2 Å². The largest absolute Gasteiger partial charge is 0.491 e. The van der Waals surface area contributed by atoms with E-state index in [2.05, 4.69) is 41.8 Å². The third-order valence-corrected chi connectivity index (χ3v) is 8.79. The lowest BCUT2D eigenvalue weighted by atomic mass is 10.0. The summed E-state index contributed by atoms with van der Waals surface area (Å²) in [5.41, 5.74) is 4.29.